The number of aryl methyl sites for hydroxylation is 1. The molecule has 120 valence electrons. The summed E-state index contributed by atoms with van der Waals surface area (Å²) in [6.07, 6.45) is 0. The van der Waals surface area contributed by atoms with E-state index in [2.05, 4.69) is 0 Å². The lowest BCUT2D eigenvalue weighted by molar-refractivity contribution is 0.0974. The van der Waals surface area contributed by atoms with Gasteiger partial charge in [-0.2, -0.15) is 0 Å². The molecule has 0 amide bonds. The van der Waals surface area contributed by atoms with Crippen LogP contribution in [-0.2, 0) is 6.67 Å². The normalized spacial score (nSPS) is 11.9. The average Bonchev–Trinajstić information content (AvgIpc) is 2.64. The van der Waals surface area contributed by atoms with E-state index in [1.165, 1.54) is 0 Å². The minimum atomic E-state index is -0.534. The van der Waals surface area contributed by atoms with Gasteiger partial charge in [0.05, 0.1) is 5.92 Å². The van der Waals surface area contributed by atoms with Gasteiger partial charge in [-0.25, -0.2) is 4.39 Å². The van der Waals surface area contributed by atoms with Crippen molar-refractivity contribution in [3.05, 3.63) is 107 Å². The summed E-state index contributed by atoms with van der Waals surface area (Å²) in [4.78, 5) is 13.1. The second-order valence-electron chi connectivity index (χ2n) is 5.95. The Hall–Kier alpha value is -2.74. The van der Waals surface area contributed by atoms with Crippen LogP contribution < -0.4 is 0 Å². The molecule has 2 heteroatoms. The second-order valence-corrected chi connectivity index (χ2v) is 5.95. The maximum atomic E-state index is 13.1. The van der Waals surface area contributed by atoms with Gasteiger partial charge in [-0.05, 0) is 23.6 Å². The lowest BCUT2D eigenvalue weighted by Crippen LogP contribution is -2.14. The third-order valence-corrected chi connectivity index (χ3v) is 4.17. The molecule has 1 atom stereocenters. The van der Waals surface area contributed by atoms with Gasteiger partial charge >= 0.3 is 0 Å². The van der Waals surface area contributed by atoms with Gasteiger partial charge < -0.3 is 0 Å². The molecule has 0 saturated heterocycles. The summed E-state index contributed by atoms with van der Waals surface area (Å²) >= 11 is 0. The maximum Gasteiger partial charge on any atom is 0.174 e. The third kappa shape index (κ3) is 3.43. The Labute approximate surface area is 141 Å². The zero-order valence-corrected chi connectivity index (χ0v) is 13.6. The van der Waals surface area contributed by atoms with Crippen molar-refractivity contribution in [2.75, 3.05) is 0 Å². The van der Waals surface area contributed by atoms with E-state index in [9.17, 15) is 9.18 Å². The molecule has 0 spiro atoms. The largest absolute Gasteiger partial charge is 0.293 e. The van der Waals surface area contributed by atoms with Gasteiger partial charge in [0.2, 0.25) is 0 Å². The highest BCUT2D eigenvalue weighted by atomic mass is 19.1. The van der Waals surface area contributed by atoms with Crippen LogP contribution in [0.4, 0.5) is 4.39 Å². The van der Waals surface area contributed by atoms with Crippen molar-refractivity contribution in [3.63, 3.8) is 0 Å². The van der Waals surface area contributed by atoms with Crippen molar-refractivity contribution >= 4 is 5.78 Å². The first-order chi connectivity index (χ1) is 11.7. The molecule has 0 N–H and O–H groups in total. The highest BCUT2D eigenvalue weighted by Gasteiger charge is 2.24. The van der Waals surface area contributed by atoms with E-state index in [1.54, 1.807) is 12.1 Å². The Morgan fingerprint density at radius 3 is 2.25 bits per heavy atom. The third-order valence-electron chi connectivity index (χ3n) is 4.17. The van der Waals surface area contributed by atoms with Crippen molar-refractivity contribution in [3.8, 4) is 0 Å². The van der Waals surface area contributed by atoms with Crippen LogP contribution in [0.2, 0.25) is 0 Å². The molecule has 0 aromatic heterocycles. The molecular formula is C22H19FO. The number of rotatable bonds is 5. The molecule has 3 aromatic carbocycles. The number of halogens is 1. The molecule has 0 saturated carbocycles. The SMILES string of the molecule is Cc1ccc(C(C(=O)c2ccccc2)c2cccc(CF)c2)cc1. The Balaban J connectivity index is 2.10. The van der Waals surface area contributed by atoms with Crippen LogP contribution in [-0.4, -0.2) is 5.78 Å². The summed E-state index contributed by atoms with van der Waals surface area (Å²) in [5.41, 5.74) is 4.13. The molecule has 0 fully saturated rings. The Morgan fingerprint density at radius 1 is 0.875 bits per heavy atom. The number of benzene rings is 3. The molecule has 3 rings (SSSR count). The summed E-state index contributed by atoms with van der Waals surface area (Å²) in [5, 5.41) is 0. The topological polar surface area (TPSA) is 17.1 Å². The molecule has 0 radical (unpaired) electrons. The molecule has 3 aromatic rings. The van der Waals surface area contributed by atoms with E-state index in [1.807, 2.05) is 73.7 Å². The summed E-state index contributed by atoms with van der Waals surface area (Å²) < 4.78 is 13.1. The minimum absolute atomic E-state index is 0.0236. The lowest BCUT2D eigenvalue weighted by Gasteiger charge is -2.18. The minimum Gasteiger partial charge on any atom is -0.293 e. The van der Waals surface area contributed by atoms with Gasteiger partial charge in [0.25, 0.3) is 0 Å². The van der Waals surface area contributed by atoms with Crippen molar-refractivity contribution in [1.82, 2.24) is 0 Å². The first-order valence-electron chi connectivity index (χ1n) is 7.99. The molecule has 1 nitrogen and oxygen atoms in total. The second kappa shape index (κ2) is 7.22. The number of ketones is 1. The fourth-order valence-corrected chi connectivity index (χ4v) is 2.88. The summed E-state index contributed by atoms with van der Waals surface area (Å²) in [6, 6.07) is 24.4. The fourth-order valence-electron chi connectivity index (χ4n) is 2.88. The standard InChI is InChI=1S/C22H19FO/c1-16-10-12-18(13-11-16)21(20-9-5-6-17(14-20)15-23)22(24)19-7-3-2-4-8-19/h2-14,21H,15H2,1H3. The van der Waals surface area contributed by atoms with Crippen molar-refractivity contribution in [1.29, 1.82) is 0 Å². The summed E-state index contributed by atoms with van der Waals surface area (Å²) in [5.74, 6) is -0.407. The van der Waals surface area contributed by atoms with Crippen molar-refractivity contribution in [2.45, 2.75) is 19.5 Å². The van der Waals surface area contributed by atoms with Crippen LogP contribution in [0, 0.1) is 6.92 Å². The molecule has 0 aliphatic carbocycles. The van der Waals surface area contributed by atoms with Crippen LogP contribution in [0.15, 0.2) is 78.9 Å². The Morgan fingerprint density at radius 2 is 1.58 bits per heavy atom. The van der Waals surface area contributed by atoms with Gasteiger partial charge in [-0.1, -0.05) is 84.4 Å². The van der Waals surface area contributed by atoms with E-state index in [-0.39, 0.29) is 5.78 Å². The number of hydrogen-bond donors (Lipinski definition) is 0. The molecule has 0 bridgehead atoms. The molecule has 0 aliphatic heterocycles. The van der Waals surface area contributed by atoms with Crippen molar-refractivity contribution in [2.24, 2.45) is 0 Å². The number of alkyl halides is 1. The summed E-state index contributed by atoms with van der Waals surface area (Å²) in [7, 11) is 0. The van der Waals surface area contributed by atoms with E-state index in [4.69, 9.17) is 0 Å². The van der Waals surface area contributed by atoms with Gasteiger partial charge in [0, 0.05) is 5.56 Å². The fraction of sp³-hybridized carbons (Fsp3) is 0.136. The van der Waals surface area contributed by atoms with Gasteiger partial charge in [-0.15, -0.1) is 0 Å². The van der Waals surface area contributed by atoms with Crippen LogP contribution in [0.25, 0.3) is 0 Å². The van der Waals surface area contributed by atoms with Crippen LogP contribution >= 0.6 is 0 Å². The number of Topliss-reactive ketones (excluding diaryl/α,β-unsaturated/α-hetero) is 1. The molecule has 1 unspecified atom stereocenters. The smallest absolute Gasteiger partial charge is 0.174 e. The average molecular weight is 318 g/mol. The Kier molecular flexibility index (Phi) is 4.85. The first kappa shape index (κ1) is 16.1. The van der Waals surface area contributed by atoms with Gasteiger partial charge in [0.15, 0.2) is 5.78 Å². The Bertz CT molecular complexity index is 822. The highest BCUT2D eigenvalue weighted by molar-refractivity contribution is 6.03. The number of hydrogen-bond acceptors (Lipinski definition) is 1. The zero-order chi connectivity index (χ0) is 16.9. The number of carbonyl (C=O) groups excluding carboxylic acids is 1. The zero-order valence-electron chi connectivity index (χ0n) is 13.6. The molecule has 0 aliphatic rings. The highest BCUT2D eigenvalue weighted by Crippen LogP contribution is 2.29. The van der Waals surface area contributed by atoms with Gasteiger partial charge in [0.1, 0.15) is 6.67 Å². The lowest BCUT2D eigenvalue weighted by atomic mass is 9.84. The first-order valence-corrected chi connectivity index (χ1v) is 7.99. The van der Waals surface area contributed by atoms with Crippen LogP contribution in [0.5, 0.6) is 0 Å². The van der Waals surface area contributed by atoms with Crippen LogP contribution in [0.3, 0.4) is 0 Å². The summed E-state index contributed by atoms with van der Waals surface area (Å²) in [6.45, 7) is 1.48. The number of carbonyl (C=O) groups is 1. The van der Waals surface area contributed by atoms with E-state index < -0.39 is 12.6 Å². The van der Waals surface area contributed by atoms with Crippen molar-refractivity contribution < 1.29 is 9.18 Å². The maximum absolute atomic E-state index is 13.1. The van der Waals surface area contributed by atoms with E-state index in [0.717, 1.165) is 16.7 Å². The predicted octanol–water partition coefficient (Wildman–Crippen LogP) is 5.48. The molecule has 0 heterocycles. The van der Waals surface area contributed by atoms with Crippen LogP contribution in [0.1, 0.15) is 38.5 Å². The van der Waals surface area contributed by atoms with Gasteiger partial charge in [-0.3, -0.25) is 4.79 Å². The predicted molar refractivity (Wildman–Crippen MR) is 95.0 cm³/mol. The monoisotopic (exact) mass is 318 g/mol. The molecular weight excluding hydrogens is 299 g/mol. The van der Waals surface area contributed by atoms with E-state index >= 15 is 0 Å². The van der Waals surface area contributed by atoms with E-state index in [0.29, 0.717) is 11.1 Å². The molecule has 24 heavy (non-hydrogen) atoms. The quantitative estimate of drug-likeness (QED) is 0.569.